The lowest BCUT2D eigenvalue weighted by Crippen LogP contribution is -2.13. The van der Waals surface area contributed by atoms with Gasteiger partial charge in [0.15, 0.2) is 0 Å². The summed E-state index contributed by atoms with van der Waals surface area (Å²) in [6.45, 7) is 1.94. The molecule has 0 aliphatic rings. The summed E-state index contributed by atoms with van der Waals surface area (Å²) >= 11 is 8.57. The molecule has 0 bridgehead atoms. The van der Waals surface area contributed by atoms with Gasteiger partial charge in [0, 0.05) is 21.6 Å². The maximum absolute atomic E-state index is 11.9. The lowest BCUT2D eigenvalue weighted by atomic mass is 10.1. The van der Waals surface area contributed by atoms with Crippen LogP contribution in [0.3, 0.4) is 0 Å². The number of nitrogens with zero attached hydrogens (tertiary/aromatic N) is 1. The minimum atomic E-state index is -1.06. The highest BCUT2D eigenvalue weighted by Gasteiger charge is 2.21. The Labute approximate surface area is 133 Å². The van der Waals surface area contributed by atoms with Crippen LogP contribution in [-0.4, -0.2) is 28.2 Å². The molecule has 7 heteroatoms. The zero-order chi connectivity index (χ0) is 15.6. The maximum Gasteiger partial charge on any atom is 0.325 e. The number of hydrogen-bond acceptors (Lipinski definition) is 4. The Morgan fingerprint density at radius 1 is 1.33 bits per heavy atom. The maximum atomic E-state index is 11.9. The SMILES string of the molecule is CCOC(=O)Cn1cc(C(=O)C(=O)Cl)c2cc(Br)ccc21. The number of esters is 1. The van der Waals surface area contributed by atoms with Gasteiger partial charge >= 0.3 is 5.97 Å². The third-order valence-electron chi connectivity index (χ3n) is 2.87. The minimum Gasteiger partial charge on any atom is -0.465 e. The van der Waals surface area contributed by atoms with E-state index in [0.717, 1.165) is 4.47 Å². The van der Waals surface area contributed by atoms with Crippen molar-refractivity contribution in [1.82, 2.24) is 4.57 Å². The van der Waals surface area contributed by atoms with Crippen LogP contribution < -0.4 is 0 Å². The van der Waals surface area contributed by atoms with Gasteiger partial charge in [-0.15, -0.1) is 0 Å². The summed E-state index contributed by atoms with van der Waals surface area (Å²) in [5.74, 6) is -1.23. The number of ketones is 1. The second-order valence-corrected chi connectivity index (χ2v) is 5.50. The van der Waals surface area contributed by atoms with Crippen LogP contribution >= 0.6 is 27.5 Å². The molecule has 5 nitrogen and oxygen atoms in total. The largest absolute Gasteiger partial charge is 0.465 e. The van der Waals surface area contributed by atoms with Crippen molar-refractivity contribution >= 4 is 55.4 Å². The predicted molar refractivity (Wildman–Crippen MR) is 81.5 cm³/mol. The highest BCUT2D eigenvalue weighted by molar-refractivity contribution is 9.10. The molecule has 0 radical (unpaired) electrons. The fourth-order valence-corrected chi connectivity index (χ4v) is 2.50. The Morgan fingerprint density at radius 3 is 2.67 bits per heavy atom. The van der Waals surface area contributed by atoms with Crippen LogP contribution in [0.1, 0.15) is 17.3 Å². The van der Waals surface area contributed by atoms with E-state index in [9.17, 15) is 14.4 Å². The van der Waals surface area contributed by atoms with Gasteiger partial charge in [-0.25, -0.2) is 0 Å². The summed E-state index contributed by atoms with van der Waals surface area (Å²) in [7, 11) is 0. The summed E-state index contributed by atoms with van der Waals surface area (Å²) in [6, 6.07) is 5.22. The first-order valence-electron chi connectivity index (χ1n) is 6.12. The first-order chi connectivity index (χ1) is 9.93. The molecule has 0 saturated carbocycles. The Bertz CT molecular complexity index is 738. The van der Waals surface area contributed by atoms with Gasteiger partial charge in [-0.3, -0.25) is 14.4 Å². The molecule has 0 N–H and O–H groups in total. The van der Waals surface area contributed by atoms with Crippen LogP contribution in [-0.2, 0) is 20.9 Å². The van der Waals surface area contributed by atoms with E-state index in [4.69, 9.17) is 16.3 Å². The molecular weight excluding hydrogens is 362 g/mol. The molecule has 1 heterocycles. The van der Waals surface area contributed by atoms with E-state index in [2.05, 4.69) is 15.9 Å². The lowest BCUT2D eigenvalue weighted by molar-refractivity contribution is -0.143. The number of fused-ring (bicyclic) bond motifs is 1. The van der Waals surface area contributed by atoms with Crippen molar-refractivity contribution < 1.29 is 19.1 Å². The average molecular weight is 373 g/mol. The number of rotatable bonds is 5. The molecular formula is C14H11BrClNO4. The van der Waals surface area contributed by atoms with E-state index >= 15 is 0 Å². The summed E-state index contributed by atoms with van der Waals surface area (Å²) < 4.78 is 7.20. The minimum absolute atomic E-state index is 0.0459. The molecule has 2 aromatic rings. The monoisotopic (exact) mass is 371 g/mol. The lowest BCUT2D eigenvalue weighted by Gasteiger charge is -2.04. The summed E-state index contributed by atoms with van der Waals surface area (Å²) in [6.07, 6.45) is 1.44. The molecule has 0 saturated heterocycles. The predicted octanol–water partition coefficient (Wildman–Crippen LogP) is 2.92. The number of benzene rings is 1. The molecule has 0 aliphatic heterocycles. The number of halogens is 2. The fourth-order valence-electron chi connectivity index (χ4n) is 2.03. The van der Waals surface area contributed by atoms with Crippen molar-refractivity contribution in [3.05, 3.63) is 34.4 Å². The zero-order valence-corrected chi connectivity index (χ0v) is 13.4. The van der Waals surface area contributed by atoms with E-state index in [0.29, 0.717) is 10.9 Å². The topological polar surface area (TPSA) is 65.4 Å². The van der Waals surface area contributed by atoms with Crippen molar-refractivity contribution in [3.8, 4) is 0 Å². The van der Waals surface area contributed by atoms with Crippen LogP contribution in [0, 0.1) is 0 Å². The van der Waals surface area contributed by atoms with Gasteiger partial charge in [-0.2, -0.15) is 0 Å². The van der Waals surface area contributed by atoms with Gasteiger partial charge in [-0.05, 0) is 36.7 Å². The van der Waals surface area contributed by atoms with Crippen LogP contribution in [0.2, 0.25) is 0 Å². The fraction of sp³-hybridized carbons (Fsp3) is 0.214. The first kappa shape index (κ1) is 15.7. The number of hydrogen-bond donors (Lipinski definition) is 0. The Balaban J connectivity index is 2.54. The zero-order valence-electron chi connectivity index (χ0n) is 11.1. The highest BCUT2D eigenvalue weighted by atomic mass is 79.9. The summed E-state index contributed by atoms with van der Waals surface area (Å²) in [5.41, 5.74) is 0.808. The van der Waals surface area contributed by atoms with E-state index in [-0.39, 0.29) is 18.7 Å². The van der Waals surface area contributed by atoms with Crippen LogP contribution in [0.25, 0.3) is 10.9 Å². The smallest absolute Gasteiger partial charge is 0.325 e. The standard InChI is InChI=1S/C14H11BrClNO4/c1-2-21-12(18)7-17-6-10(13(19)14(16)20)9-5-8(15)3-4-11(9)17/h3-6H,2,7H2,1H3. The quantitative estimate of drug-likeness (QED) is 0.350. The normalized spacial score (nSPS) is 10.6. The third-order valence-corrected chi connectivity index (χ3v) is 3.54. The van der Waals surface area contributed by atoms with E-state index < -0.39 is 17.0 Å². The molecule has 21 heavy (non-hydrogen) atoms. The second kappa shape index (κ2) is 6.41. The summed E-state index contributed by atoms with van der Waals surface area (Å²) in [4.78, 5) is 34.6. The first-order valence-corrected chi connectivity index (χ1v) is 7.29. The number of ether oxygens (including phenoxy) is 1. The third kappa shape index (κ3) is 3.33. The molecule has 0 amide bonds. The summed E-state index contributed by atoms with van der Waals surface area (Å²) in [5, 5.41) is -0.516. The van der Waals surface area contributed by atoms with E-state index in [1.807, 2.05) is 0 Å². The van der Waals surface area contributed by atoms with Gasteiger partial charge in [0.05, 0.1) is 12.2 Å². The molecule has 2 rings (SSSR count). The van der Waals surface area contributed by atoms with Crippen molar-refractivity contribution in [2.24, 2.45) is 0 Å². The van der Waals surface area contributed by atoms with Gasteiger partial charge in [0.2, 0.25) is 5.78 Å². The molecule has 1 aromatic heterocycles. The Kier molecular flexibility index (Phi) is 4.80. The molecule has 0 atom stereocenters. The molecule has 0 spiro atoms. The second-order valence-electron chi connectivity index (χ2n) is 4.24. The Morgan fingerprint density at radius 2 is 2.05 bits per heavy atom. The van der Waals surface area contributed by atoms with Crippen LogP contribution in [0.15, 0.2) is 28.9 Å². The van der Waals surface area contributed by atoms with Crippen molar-refractivity contribution in [2.75, 3.05) is 6.61 Å². The van der Waals surface area contributed by atoms with E-state index in [1.54, 1.807) is 29.7 Å². The molecule has 0 unspecified atom stereocenters. The highest BCUT2D eigenvalue weighted by Crippen LogP contribution is 2.26. The van der Waals surface area contributed by atoms with Crippen LogP contribution in [0.4, 0.5) is 0 Å². The average Bonchev–Trinajstić information content (AvgIpc) is 2.76. The molecule has 0 aliphatic carbocycles. The number of aromatic nitrogens is 1. The van der Waals surface area contributed by atoms with Gasteiger partial charge in [-0.1, -0.05) is 15.9 Å². The molecule has 0 fully saturated rings. The number of carbonyl (C=O) groups excluding carboxylic acids is 3. The van der Waals surface area contributed by atoms with Crippen molar-refractivity contribution in [3.63, 3.8) is 0 Å². The van der Waals surface area contributed by atoms with Crippen LogP contribution in [0.5, 0.6) is 0 Å². The van der Waals surface area contributed by atoms with E-state index in [1.165, 1.54) is 6.20 Å². The molecule has 110 valence electrons. The van der Waals surface area contributed by atoms with Gasteiger partial charge in [0.1, 0.15) is 6.54 Å². The van der Waals surface area contributed by atoms with Gasteiger partial charge in [0.25, 0.3) is 5.24 Å². The van der Waals surface area contributed by atoms with Gasteiger partial charge < -0.3 is 9.30 Å². The number of Topliss-reactive ketones (excluding diaryl/α,β-unsaturated/α-hetero) is 1. The van der Waals surface area contributed by atoms with Crippen molar-refractivity contribution in [1.29, 1.82) is 0 Å². The number of carbonyl (C=O) groups is 3. The van der Waals surface area contributed by atoms with Crippen molar-refractivity contribution in [2.45, 2.75) is 13.5 Å². The molecule has 1 aromatic carbocycles. The Hall–Kier alpha value is -1.66.